The minimum Gasteiger partial charge on any atom is -0.462 e. The molecule has 33 heavy (non-hydrogen) atoms. The maximum absolute atomic E-state index is 14.4. The molecule has 7 heteroatoms. The Kier molecular flexibility index (Phi) is 5.64. The van der Waals surface area contributed by atoms with Crippen LogP contribution in [0.15, 0.2) is 60.7 Å². The van der Waals surface area contributed by atoms with Crippen LogP contribution in [0, 0.1) is 39.7 Å². The number of ether oxygens (including phenoxy) is 1. The molecule has 1 unspecified atom stereocenters. The lowest BCUT2D eigenvalue weighted by molar-refractivity contribution is -0.529. The minimum atomic E-state index is -0.604. The highest BCUT2D eigenvalue weighted by atomic mass is 16.6. The van der Waals surface area contributed by atoms with Gasteiger partial charge in [0.05, 0.1) is 5.92 Å². The third-order valence-corrected chi connectivity index (χ3v) is 7.89. The number of carbonyl (C=O) groups is 2. The normalized spacial score (nSPS) is 32.9. The van der Waals surface area contributed by atoms with Crippen molar-refractivity contribution >= 4 is 23.3 Å². The van der Waals surface area contributed by atoms with Gasteiger partial charge in [-0.3, -0.25) is 24.6 Å². The van der Waals surface area contributed by atoms with Gasteiger partial charge in [-0.25, -0.2) is 0 Å². The molecule has 2 aromatic rings. The van der Waals surface area contributed by atoms with Gasteiger partial charge < -0.3 is 4.74 Å². The van der Waals surface area contributed by atoms with Crippen molar-refractivity contribution in [2.24, 2.45) is 29.6 Å². The van der Waals surface area contributed by atoms with Crippen molar-refractivity contribution in [1.82, 2.24) is 0 Å². The van der Waals surface area contributed by atoms with E-state index in [1.807, 2.05) is 67.6 Å². The maximum atomic E-state index is 14.4. The van der Waals surface area contributed by atoms with Gasteiger partial charge in [0.15, 0.2) is 0 Å². The van der Waals surface area contributed by atoms with Crippen LogP contribution in [-0.2, 0) is 14.3 Å². The highest BCUT2D eigenvalue weighted by Crippen LogP contribution is 2.54. The molecule has 1 amide bonds. The number of nitrogens with zero attached hydrogens (tertiary/aromatic N) is 2. The highest BCUT2D eigenvalue weighted by molar-refractivity contribution is 6.02. The zero-order valence-corrected chi connectivity index (χ0v) is 18.6. The van der Waals surface area contributed by atoms with E-state index >= 15 is 0 Å². The average Bonchev–Trinajstić information content (AvgIpc) is 3.11. The molecule has 7 atom stereocenters. The third-order valence-electron chi connectivity index (χ3n) is 7.89. The summed E-state index contributed by atoms with van der Waals surface area (Å²) < 4.78 is 5.62. The third kappa shape index (κ3) is 3.79. The van der Waals surface area contributed by atoms with Crippen LogP contribution < -0.4 is 4.90 Å². The van der Waals surface area contributed by atoms with Gasteiger partial charge in [-0.15, -0.1) is 0 Å². The number of para-hydroxylation sites is 2. The second-order valence-electron chi connectivity index (χ2n) is 9.61. The summed E-state index contributed by atoms with van der Waals surface area (Å²) in [4.78, 5) is 40.2. The number of hydrogen-bond donors (Lipinski definition) is 0. The maximum Gasteiger partial charge on any atom is 0.309 e. The van der Waals surface area contributed by atoms with E-state index in [4.69, 9.17) is 4.74 Å². The lowest BCUT2D eigenvalue weighted by Crippen LogP contribution is -2.52. The first kappa shape index (κ1) is 21.6. The number of esters is 1. The van der Waals surface area contributed by atoms with Crippen LogP contribution in [0.3, 0.4) is 0 Å². The Morgan fingerprint density at radius 2 is 1.61 bits per heavy atom. The highest BCUT2D eigenvalue weighted by Gasteiger charge is 2.59. The van der Waals surface area contributed by atoms with Gasteiger partial charge in [0.2, 0.25) is 11.9 Å². The molecule has 0 spiro atoms. The lowest BCUT2D eigenvalue weighted by Gasteiger charge is -2.47. The molecule has 1 saturated heterocycles. The number of benzene rings is 2. The second-order valence-corrected chi connectivity index (χ2v) is 9.61. The van der Waals surface area contributed by atoms with Gasteiger partial charge in [-0.05, 0) is 55.9 Å². The van der Waals surface area contributed by atoms with Gasteiger partial charge in [0.25, 0.3) is 0 Å². The molecule has 0 aromatic heterocycles. The molecule has 3 fully saturated rings. The molecule has 1 heterocycles. The summed E-state index contributed by atoms with van der Waals surface area (Å²) in [6, 6.07) is 18.5. The number of cyclic esters (lactones) is 1. The van der Waals surface area contributed by atoms with Crippen LogP contribution >= 0.6 is 0 Å². The predicted octanol–water partition coefficient (Wildman–Crippen LogP) is 4.61. The number of anilines is 2. The molecule has 0 radical (unpaired) electrons. The fourth-order valence-electron chi connectivity index (χ4n) is 6.49. The van der Waals surface area contributed by atoms with E-state index in [-0.39, 0.29) is 46.6 Å². The van der Waals surface area contributed by atoms with Gasteiger partial charge >= 0.3 is 5.97 Å². The Balaban J connectivity index is 1.57. The van der Waals surface area contributed by atoms with Crippen LogP contribution in [0.25, 0.3) is 0 Å². The number of fused-ring (bicyclic) bond motifs is 2. The van der Waals surface area contributed by atoms with Crippen LogP contribution in [0.2, 0.25) is 0 Å². The van der Waals surface area contributed by atoms with Crippen molar-refractivity contribution < 1.29 is 19.2 Å². The Morgan fingerprint density at radius 1 is 1.00 bits per heavy atom. The van der Waals surface area contributed by atoms with Crippen molar-refractivity contribution in [2.75, 3.05) is 4.90 Å². The molecular weight excluding hydrogens is 420 g/mol. The monoisotopic (exact) mass is 448 g/mol. The lowest BCUT2D eigenvalue weighted by atomic mass is 9.56. The van der Waals surface area contributed by atoms with Crippen LogP contribution in [0.5, 0.6) is 0 Å². The average molecular weight is 449 g/mol. The van der Waals surface area contributed by atoms with E-state index < -0.39 is 12.0 Å². The number of hydrogen-bond acceptors (Lipinski definition) is 5. The molecule has 2 aliphatic carbocycles. The summed E-state index contributed by atoms with van der Waals surface area (Å²) in [5, 5.41) is 11.5. The van der Waals surface area contributed by atoms with E-state index in [0.29, 0.717) is 25.7 Å². The number of nitro groups is 1. The summed E-state index contributed by atoms with van der Waals surface area (Å²) in [6.45, 7) is 1.88. The Bertz CT molecular complexity index is 1000. The molecule has 2 aromatic carbocycles. The van der Waals surface area contributed by atoms with Gasteiger partial charge in [-0.2, -0.15) is 0 Å². The van der Waals surface area contributed by atoms with Gasteiger partial charge in [-0.1, -0.05) is 36.4 Å². The number of amides is 1. The summed E-state index contributed by atoms with van der Waals surface area (Å²) >= 11 is 0. The van der Waals surface area contributed by atoms with Crippen LogP contribution in [-0.4, -0.2) is 28.9 Å². The number of rotatable bonds is 4. The summed E-state index contributed by atoms with van der Waals surface area (Å²) in [5.74, 6) is -1.37. The standard InChI is InChI=1S/C26H28N2O5/c1-16-23-22(26(30)33-16)15-17-14-20(28(31)32)12-13-21(17)24(23)25(29)27(18-8-4-2-5-9-18)19-10-6-3-7-11-19/h2-11,16-17,20-24H,12-15H2,1H3/t16-,17?,20-,21-,22-,23-,24+/m1/s1. The molecular formula is C26H28N2O5. The minimum absolute atomic E-state index is 0.00169. The predicted molar refractivity (Wildman–Crippen MR) is 122 cm³/mol. The Morgan fingerprint density at radius 3 is 2.18 bits per heavy atom. The molecule has 0 bridgehead atoms. The molecule has 3 aliphatic rings. The van der Waals surface area contributed by atoms with Crippen LogP contribution in [0.1, 0.15) is 32.6 Å². The molecule has 0 N–H and O–H groups in total. The largest absolute Gasteiger partial charge is 0.462 e. The number of carbonyl (C=O) groups excluding carboxylic acids is 2. The van der Waals surface area contributed by atoms with Crippen LogP contribution in [0.4, 0.5) is 11.4 Å². The van der Waals surface area contributed by atoms with Crippen molar-refractivity contribution in [1.29, 1.82) is 0 Å². The smallest absolute Gasteiger partial charge is 0.309 e. The Hall–Kier alpha value is -3.22. The SMILES string of the molecule is C[C@H]1OC(=O)[C@@H]2CC3C[C@H]([N+](=O)[O-])CC[C@H]3[C@H](C(=O)N(c3ccccc3)c3ccccc3)[C@H]12. The first-order valence-electron chi connectivity index (χ1n) is 11.7. The van der Waals surface area contributed by atoms with Crippen molar-refractivity contribution in [3.8, 4) is 0 Å². The quantitative estimate of drug-likeness (QED) is 0.387. The summed E-state index contributed by atoms with van der Waals surface area (Å²) in [5.41, 5.74) is 1.54. The van der Waals surface area contributed by atoms with E-state index in [0.717, 1.165) is 11.4 Å². The molecule has 5 rings (SSSR count). The molecule has 172 valence electrons. The zero-order valence-electron chi connectivity index (χ0n) is 18.6. The first-order chi connectivity index (χ1) is 16.0. The summed E-state index contributed by atoms with van der Waals surface area (Å²) in [7, 11) is 0. The van der Waals surface area contributed by atoms with E-state index in [1.54, 1.807) is 4.90 Å². The fraction of sp³-hybridized carbons (Fsp3) is 0.462. The van der Waals surface area contributed by atoms with Crippen molar-refractivity contribution in [3.05, 3.63) is 70.8 Å². The zero-order chi connectivity index (χ0) is 23.1. The van der Waals surface area contributed by atoms with Crippen molar-refractivity contribution in [3.63, 3.8) is 0 Å². The van der Waals surface area contributed by atoms with E-state index in [9.17, 15) is 19.7 Å². The molecule has 2 saturated carbocycles. The topological polar surface area (TPSA) is 89.7 Å². The van der Waals surface area contributed by atoms with Gasteiger partial charge in [0.1, 0.15) is 6.10 Å². The molecule has 1 aliphatic heterocycles. The van der Waals surface area contributed by atoms with E-state index in [1.165, 1.54) is 0 Å². The summed E-state index contributed by atoms with van der Waals surface area (Å²) in [6.07, 6.45) is 1.73. The van der Waals surface area contributed by atoms with Gasteiger partial charge in [0, 0.05) is 41.0 Å². The van der Waals surface area contributed by atoms with Crippen molar-refractivity contribution in [2.45, 2.75) is 44.8 Å². The van der Waals surface area contributed by atoms with E-state index in [2.05, 4.69) is 0 Å². The first-order valence-corrected chi connectivity index (χ1v) is 11.7. The fourth-order valence-corrected chi connectivity index (χ4v) is 6.49. The molecule has 7 nitrogen and oxygen atoms in total. The Labute approximate surface area is 192 Å². The second kappa shape index (κ2) is 8.61.